The highest BCUT2D eigenvalue weighted by Gasteiger charge is 2.30. The Morgan fingerprint density at radius 1 is 1.06 bits per heavy atom. The minimum Gasteiger partial charge on any atom is -1.00 e. The molecule has 1 fully saturated rings. The number of allylic oxidation sites excluding steroid dienone is 1. The minimum absolute atomic E-state index is 0. The van der Waals surface area contributed by atoms with Crippen LogP contribution in [0.1, 0.15) is 11.4 Å². The van der Waals surface area contributed by atoms with Gasteiger partial charge in [-0.3, -0.25) is 4.57 Å². The lowest BCUT2D eigenvalue weighted by atomic mass is 10.1. The summed E-state index contributed by atoms with van der Waals surface area (Å²) >= 11 is 1.53. The Balaban J connectivity index is 0.00000289. The van der Waals surface area contributed by atoms with Gasteiger partial charge in [-0.1, -0.05) is 66.4 Å². The van der Waals surface area contributed by atoms with Crippen molar-refractivity contribution in [1.82, 2.24) is 19.7 Å². The fourth-order valence-electron chi connectivity index (χ4n) is 4.10. The third-order valence-corrected chi connectivity index (χ3v) is 6.69. The van der Waals surface area contributed by atoms with Gasteiger partial charge in [0.1, 0.15) is 16.7 Å². The van der Waals surface area contributed by atoms with Gasteiger partial charge in [0.25, 0.3) is 0 Å². The smallest absolute Gasteiger partial charge is 0.232 e. The van der Waals surface area contributed by atoms with Crippen LogP contribution in [0, 0.1) is 11.3 Å². The maximum atomic E-state index is 10.4. The van der Waals surface area contributed by atoms with Crippen molar-refractivity contribution in [3.8, 4) is 11.8 Å². The monoisotopic (exact) mass is 547 g/mol. The number of nitrogens with zero attached hydrogens (tertiary/aromatic N) is 6. The molecule has 0 saturated carbocycles. The average Bonchev–Trinajstić information content (AvgIpc) is 3.52. The number of ether oxygens (including phenoxy) is 1. The number of thioether (sulfide) groups is 1. The third kappa shape index (κ3) is 4.91. The quantitative estimate of drug-likeness (QED) is 0.342. The zero-order valence-electron chi connectivity index (χ0n) is 19.0. The molecule has 0 spiro atoms. The normalized spacial score (nSPS) is 16.8. The Bertz CT molecular complexity index is 1280. The predicted molar refractivity (Wildman–Crippen MR) is 136 cm³/mol. The van der Waals surface area contributed by atoms with Crippen LogP contribution >= 0.6 is 11.8 Å². The predicted octanol–water partition coefficient (Wildman–Crippen LogP) is 1.53. The van der Waals surface area contributed by atoms with E-state index in [0.717, 1.165) is 35.1 Å². The summed E-state index contributed by atoms with van der Waals surface area (Å²) in [4.78, 5) is 4.27. The van der Waals surface area contributed by atoms with Gasteiger partial charge in [-0.15, -0.1) is 16.8 Å². The van der Waals surface area contributed by atoms with Gasteiger partial charge in [0.05, 0.1) is 24.6 Å². The fourth-order valence-corrected chi connectivity index (χ4v) is 5.14. The fraction of sp³-hybridized carbons (Fsp3) is 0.192. The van der Waals surface area contributed by atoms with Crippen LogP contribution < -0.4 is 21.9 Å². The van der Waals surface area contributed by atoms with Crippen LogP contribution in [0.2, 0.25) is 0 Å². The number of nitriles is 1. The lowest BCUT2D eigenvalue weighted by Gasteiger charge is -2.28. The Labute approximate surface area is 219 Å². The summed E-state index contributed by atoms with van der Waals surface area (Å²) in [5.41, 5.74) is 3.51. The van der Waals surface area contributed by atoms with Gasteiger partial charge >= 0.3 is 0 Å². The van der Waals surface area contributed by atoms with Crippen LogP contribution in [0.15, 0.2) is 83.8 Å². The van der Waals surface area contributed by atoms with Crippen LogP contribution in [-0.4, -0.2) is 52.5 Å². The number of halogens is 1. The number of rotatable bonds is 6. The van der Waals surface area contributed by atoms with E-state index in [9.17, 15) is 5.26 Å². The number of para-hydroxylation sites is 1. The van der Waals surface area contributed by atoms with Crippen molar-refractivity contribution in [3.63, 3.8) is 0 Å². The maximum Gasteiger partial charge on any atom is 0.232 e. The summed E-state index contributed by atoms with van der Waals surface area (Å²) in [5.74, 6) is 1.24. The Hall–Kier alpha value is -3.32. The topological polar surface area (TPSA) is 70.2 Å². The van der Waals surface area contributed by atoms with E-state index in [1.807, 2.05) is 59.2 Å². The van der Waals surface area contributed by atoms with E-state index in [0.29, 0.717) is 37.1 Å². The SMILES string of the molecule is C=CCN1C(c2ccccc2)=CS/C1=C(/C#N)c1nnc(N2CCOCC2)n1-c1ccccc1.[Br-]. The van der Waals surface area contributed by atoms with Gasteiger partial charge in [-0.2, -0.15) is 5.26 Å². The van der Waals surface area contributed by atoms with Gasteiger partial charge < -0.3 is 31.5 Å². The Morgan fingerprint density at radius 3 is 2.40 bits per heavy atom. The average molecular weight is 548 g/mol. The molecule has 9 heteroatoms. The molecule has 0 radical (unpaired) electrons. The van der Waals surface area contributed by atoms with E-state index in [2.05, 4.69) is 50.2 Å². The Morgan fingerprint density at radius 2 is 1.74 bits per heavy atom. The third-order valence-electron chi connectivity index (χ3n) is 5.70. The molecule has 3 aromatic rings. The second-order valence-electron chi connectivity index (χ2n) is 7.77. The van der Waals surface area contributed by atoms with Crippen LogP contribution in [0.5, 0.6) is 0 Å². The van der Waals surface area contributed by atoms with Crippen molar-refractivity contribution < 1.29 is 21.7 Å². The van der Waals surface area contributed by atoms with Crippen LogP contribution in [0.4, 0.5) is 5.95 Å². The van der Waals surface area contributed by atoms with E-state index < -0.39 is 0 Å². The first-order valence-corrected chi connectivity index (χ1v) is 12.0. The van der Waals surface area contributed by atoms with Crippen molar-refractivity contribution in [2.75, 3.05) is 37.7 Å². The maximum absolute atomic E-state index is 10.4. The molecule has 0 unspecified atom stereocenters. The molecule has 35 heavy (non-hydrogen) atoms. The number of aromatic nitrogens is 3. The molecule has 1 aromatic heterocycles. The molecule has 178 valence electrons. The summed E-state index contributed by atoms with van der Waals surface area (Å²) in [7, 11) is 0. The highest BCUT2D eigenvalue weighted by Crippen LogP contribution is 2.43. The molecule has 2 aromatic carbocycles. The van der Waals surface area contributed by atoms with Crippen LogP contribution in [0.25, 0.3) is 17.0 Å². The van der Waals surface area contributed by atoms with E-state index in [-0.39, 0.29) is 17.0 Å². The zero-order chi connectivity index (χ0) is 23.3. The van der Waals surface area contributed by atoms with Gasteiger partial charge in [0.15, 0.2) is 5.82 Å². The molecule has 2 aliphatic heterocycles. The minimum atomic E-state index is 0. The van der Waals surface area contributed by atoms with Crippen molar-refractivity contribution in [3.05, 3.63) is 95.1 Å². The van der Waals surface area contributed by atoms with E-state index >= 15 is 0 Å². The number of hydrogen-bond donors (Lipinski definition) is 0. The van der Waals surface area contributed by atoms with E-state index in [4.69, 9.17) is 4.74 Å². The second-order valence-corrected chi connectivity index (χ2v) is 8.63. The van der Waals surface area contributed by atoms with E-state index in [1.165, 1.54) is 11.8 Å². The molecular weight excluding hydrogens is 524 g/mol. The molecule has 0 atom stereocenters. The molecule has 0 aliphatic carbocycles. The highest BCUT2D eigenvalue weighted by molar-refractivity contribution is 8.06. The number of morpholine rings is 1. The molecule has 0 amide bonds. The highest BCUT2D eigenvalue weighted by atomic mass is 79.9. The van der Waals surface area contributed by atoms with Crippen molar-refractivity contribution in [1.29, 1.82) is 5.26 Å². The molecular formula is C26H24BrN6OS-. The van der Waals surface area contributed by atoms with Crippen LogP contribution in [0.3, 0.4) is 0 Å². The van der Waals surface area contributed by atoms with Crippen molar-refractivity contribution >= 4 is 29.0 Å². The van der Waals surface area contributed by atoms with E-state index in [1.54, 1.807) is 0 Å². The van der Waals surface area contributed by atoms with Crippen LogP contribution in [-0.2, 0) is 4.74 Å². The van der Waals surface area contributed by atoms with Crippen molar-refractivity contribution in [2.24, 2.45) is 0 Å². The first kappa shape index (κ1) is 24.8. The zero-order valence-corrected chi connectivity index (χ0v) is 21.5. The standard InChI is InChI=1S/C26H24N6OS.BrH/c1-2-13-31-23(20-9-5-3-6-10-20)19-34-25(31)22(18-27)24-28-29-26(30-14-16-33-17-15-30)32(24)21-11-7-4-8-12-21;/h2-12,19H,1,13-17H2;1H/p-1/b25-22-;. The summed E-state index contributed by atoms with van der Waals surface area (Å²) < 4.78 is 7.51. The van der Waals surface area contributed by atoms with Gasteiger partial charge in [-0.25, -0.2) is 0 Å². The Kier molecular flexibility index (Phi) is 8.08. The molecule has 3 heterocycles. The van der Waals surface area contributed by atoms with Gasteiger partial charge in [0, 0.05) is 25.0 Å². The number of benzene rings is 2. The molecule has 5 rings (SSSR count). The molecule has 7 nitrogen and oxygen atoms in total. The summed E-state index contributed by atoms with van der Waals surface area (Å²) in [6, 6.07) is 22.5. The number of anilines is 1. The van der Waals surface area contributed by atoms with Gasteiger partial charge in [-0.05, 0) is 17.7 Å². The molecule has 2 aliphatic rings. The molecule has 0 bridgehead atoms. The first-order valence-electron chi connectivity index (χ1n) is 11.1. The van der Waals surface area contributed by atoms with Crippen molar-refractivity contribution in [2.45, 2.75) is 0 Å². The number of hydrogen-bond acceptors (Lipinski definition) is 7. The lowest BCUT2D eigenvalue weighted by Crippen LogP contribution is -3.00. The van der Waals surface area contributed by atoms with Gasteiger partial charge in [0.2, 0.25) is 5.95 Å². The summed E-state index contributed by atoms with van der Waals surface area (Å²) in [5, 5.41) is 22.3. The second kappa shape index (κ2) is 11.4. The first-order chi connectivity index (χ1) is 16.8. The molecule has 0 N–H and O–H groups in total. The lowest BCUT2D eigenvalue weighted by molar-refractivity contribution is -0.00000770. The largest absolute Gasteiger partial charge is 1.00 e. The summed E-state index contributed by atoms with van der Waals surface area (Å²) in [6.07, 6.45) is 1.85. The molecule has 1 saturated heterocycles. The summed E-state index contributed by atoms with van der Waals surface area (Å²) in [6.45, 7) is 7.23.